The molecule has 2 rings (SSSR count). The highest BCUT2D eigenvalue weighted by Crippen LogP contribution is 2.29. The van der Waals surface area contributed by atoms with E-state index in [1.54, 1.807) is 7.05 Å². The molecule has 1 saturated carbocycles. The van der Waals surface area contributed by atoms with Crippen molar-refractivity contribution in [2.75, 3.05) is 13.6 Å². The minimum Gasteiger partial charge on any atom is -0.357 e. The number of benzene rings is 1. The standard InChI is InChI=1S/C21H34N4O.HI/c1-5-23-21(25-19-11-9-17(10-12-19)15(2)3)24-14-16-7-6-8-18(13-16)20(26)22-4;/h6-8,13,15,17,19H,5,9-12,14H2,1-4H3,(H,22,26)(H2,23,24,25);1H. The van der Waals surface area contributed by atoms with E-state index in [2.05, 4.69) is 36.7 Å². The van der Waals surface area contributed by atoms with Crippen molar-refractivity contribution >= 4 is 35.8 Å². The lowest BCUT2D eigenvalue weighted by atomic mass is 9.80. The molecule has 6 heteroatoms. The van der Waals surface area contributed by atoms with E-state index in [1.807, 2.05) is 24.3 Å². The average molecular weight is 486 g/mol. The Morgan fingerprint density at radius 2 is 1.93 bits per heavy atom. The van der Waals surface area contributed by atoms with Gasteiger partial charge in [0, 0.05) is 25.2 Å². The predicted molar refractivity (Wildman–Crippen MR) is 124 cm³/mol. The molecule has 0 unspecified atom stereocenters. The molecule has 1 aromatic rings. The number of guanidine groups is 1. The third-order valence-corrected chi connectivity index (χ3v) is 5.24. The number of amides is 1. The van der Waals surface area contributed by atoms with Gasteiger partial charge in [0.05, 0.1) is 6.54 Å². The second-order valence-corrected chi connectivity index (χ2v) is 7.47. The summed E-state index contributed by atoms with van der Waals surface area (Å²) in [5.74, 6) is 2.44. The summed E-state index contributed by atoms with van der Waals surface area (Å²) in [4.78, 5) is 16.5. The van der Waals surface area contributed by atoms with Crippen LogP contribution in [-0.2, 0) is 6.54 Å². The number of hydrogen-bond donors (Lipinski definition) is 3. The van der Waals surface area contributed by atoms with Gasteiger partial charge in [-0.1, -0.05) is 26.0 Å². The number of hydrogen-bond acceptors (Lipinski definition) is 2. The van der Waals surface area contributed by atoms with E-state index in [9.17, 15) is 4.79 Å². The third-order valence-electron chi connectivity index (χ3n) is 5.24. The molecular formula is C21H35IN4O. The zero-order chi connectivity index (χ0) is 18.9. The Bertz CT molecular complexity index is 610. The van der Waals surface area contributed by atoms with Gasteiger partial charge < -0.3 is 16.0 Å². The van der Waals surface area contributed by atoms with Crippen LogP contribution >= 0.6 is 24.0 Å². The smallest absolute Gasteiger partial charge is 0.251 e. The van der Waals surface area contributed by atoms with Crippen molar-refractivity contribution in [1.29, 1.82) is 0 Å². The average Bonchev–Trinajstić information content (AvgIpc) is 2.66. The number of carbonyl (C=O) groups is 1. The summed E-state index contributed by atoms with van der Waals surface area (Å²) < 4.78 is 0. The van der Waals surface area contributed by atoms with Crippen LogP contribution in [0.1, 0.15) is 62.4 Å². The zero-order valence-corrected chi connectivity index (χ0v) is 19.4. The molecule has 0 heterocycles. The van der Waals surface area contributed by atoms with Crippen LogP contribution in [0, 0.1) is 11.8 Å². The van der Waals surface area contributed by atoms with Crippen molar-refractivity contribution < 1.29 is 4.79 Å². The Labute approximate surface area is 181 Å². The lowest BCUT2D eigenvalue weighted by molar-refractivity contribution is 0.0963. The van der Waals surface area contributed by atoms with Crippen LogP contribution in [-0.4, -0.2) is 31.5 Å². The van der Waals surface area contributed by atoms with Gasteiger partial charge >= 0.3 is 0 Å². The monoisotopic (exact) mass is 486 g/mol. The summed E-state index contributed by atoms with van der Waals surface area (Å²) in [6.45, 7) is 8.14. The Morgan fingerprint density at radius 1 is 1.22 bits per heavy atom. The summed E-state index contributed by atoms with van der Waals surface area (Å²) in [7, 11) is 1.65. The number of nitrogens with one attached hydrogen (secondary N) is 3. The fraction of sp³-hybridized carbons (Fsp3) is 0.619. The minimum absolute atomic E-state index is 0. The molecule has 3 N–H and O–H groups in total. The highest BCUT2D eigenvalue weighted by Gasteiger charge is 2.23. The molecule has 0 aliphatic heterocycles. The molecule has 1 aliphatic carbocycles. The highest BCUT2D eigenvalue weighted by molar-refractivity contribution is 14.0. The van der Waals surface area contributed by atoms with Gasteiger partial charge in [0.15, 0.2) is 5.96 Å². The van der Waals surface area contributed by atoms with E-state index in [0.29, 0.717) is 18.2 Å². The quantitative estimate of drug-likeness (QED) is 0.324. The molecule has 27 heavy (non-hydrogen) atoms. The first-order valence-corrected chi connectivity index (χ1v) is 9.89. The van der Waals surface area contributed by atoms with E-state index in [0.717, 1.165) is 29.9 Å². The van der Waals surface area contributed by atoms with E-state index >= 15 is 0 Å². The fourth-order valence-corrected chi connectivity index (χ4v) is 3.57. The zero-order valence-electron chi connectivity index (χ0n) is 17.0. The van der Waals surface area contributed by atoms with Crippen molar-refractivity contribution in [3.8, 4) is 0 Å². The lowest BCUT2D eigenvalue weighted by Crippen LogP contribution is -2.45. The topological polar surface area (TPSA) is 65.5 Å². The maximum atomic E-state index is 11.8. The summed E-state index contributed by atoms with van der Waals surface area (Å²) in [6.07, 6.45) is 5.00. The molecule has 1 aromatic carbocycles. The molecule has 0 radical (unpaired) electrons. The van der Waals surface area contributed by atoms with Crippen LogP contribution in [0.5, 0.6) is 0 Å². The first-order valence-electron chi connectivity index (χ1n) is 9.89. The second kappa shape index (κ2) is 12.2. The fourth-order valence-electron chi connectivity index (χ4n) is 3.57. The van der Waals surface area contributed by atoms with E-state index in [1.165, 1.54) is 25.7 Å². The van der Waals surface area contributed by atoms with E-state index < -0.39 is 0 Å². The maximum absolute atomic E-state index is 11.8. The molecule has 0 saturated heterocycles. The molecule has 0 spiro atoms. The van der Waals surface area contributed by atoms with Gasteiger partial charge in [-0.3, -0.25) is 4.79 Å². The number of carbonyl (C=O) groups excluding carboxylic acids is 1. The van der Waals surface area contributed by atoms with E-state index in [-0.39, 0.29) is 29.9 Å². The number of halogens is 1. The lowest BCUT2D eigenvalue weighted by Gasteiger charge is -2.32. The molecule has 1 fully saturated rings. The van der Waals surface area contributed by atoms with Crippen LogP contribution in [0.15, 0.2) is 29.3 Å². The van der Waals surface area contributed by atoms with Gasteiger partial charge in [-0.05, 0) is 62.1 Å². The van der Waals surface area contributed by atoms with Crippen LogP contribution in [0.3, 0.4) is 0 Å². The van der Waals surface area contributed by atoms with Gasteiger partial charge in [-0.2, -0.15) is 0 Å². The first kappa shape index (κ1) is 23.7. The Morgan fingerprint density at radius 3 is 2.52 bits per heavy atom. The van der Waals surface area contributed by atoms with Crippen molar-refractivity contribution in [2.45, 2.75) is 59.0 Å². The van der Waals surface area contributed by atoms with Gasteiger partial charge in [0.25, 0.3) is 5.91 Å². The number of nitrogens with zero attached hydrogens (tertiary/aromatic N) is 1. The second-order valence-electron chi connectivity index (χ2n) is 7.47. The molecule has 1 aliphatic rings. The Kier molecular flexibility index (Phi) is 10.7. The molecule has 0 atom stereocenters. The summed E-state index contributed by atoms with van der Waals surface area (Å²) in [5, 5.41) is 9.60. The van der Waals surface area contributed by atoms with Gasteiger partial charge in [0.2, 0.25) is 0 Å². The van der Waals surface area contributed by atoms with Crippen LogP contribution < -0.4 is 16.0 Å². The summed E-state index contributed by atoms with van der Waals surface area (Å²) in [6, 6.07) is 8.14. The van der Waals surface area contributed by atoms with Gasteiger partial charge in [-0.25, -0.2) is 4.99 Å². The Balaban J connectivity index is 0.00000364. The molecule has 0 bridgehead atoms. The molecule has 1 amide bonds. The number of rotatable bonds is 6. The van der Waals surface area contributed by atoms with Crippen LogP contribution in [0.25, 0.3) is 0 Å². The van der Waals surface area contributed by atoms with Gasteiger partial charge in [-0.15, -0.1) is 24.0 Å². The molecule has 152 valence electrons. The first-order chi connectivity index (χ1) is 12.5. The molecule has 0 aromatic heterocycles. The Hall–Kier alpha value is -1.31. The van der Waals surface area contributed by atoms with Crippen molar-refractivity contribution in [1.82, 2.24) is 16.0 Å². The largest absolute Gasteiger partial charge is 0.357 e. The molecular weight excluding hydrogens is 451 g/mol. The van der Waals surface area contributed by atoms with E-state index in [4.69, 9.17) is 4.99 Å². The van der Waals surface area contributed by atoms with Crippen LogP contribution in [0.4, 0.5) is 0 Å². The van der Waals surface area contributed by atoms with Gasteiger partial charge in [0.1, 0.15) is 0 Å². The van der Waals surface area contributed by atoms with Crippen LogP contribution in [0.2, 0.25) is 0 Å². The van der Waals surface area contributed by atoms with Crippen molar-refractivity contribution in [3.05, 3.63) is 35.4 Å². The van der Waals surface area contributed by atoms with Crippen molar-refractivity contribution in [3.63, 3.8) is 0 Å². The summed E-state index contributed by atoms with van der Waals surface area (Å²) in [5.41, 5.74) is 1.71. The normalized spacial score (nSPS) is 20.0. The van der Waals surface area contributed by atoms with Crippen molar-refractivity contribution in [2.24, 2.45) is 16.8 Å². The molecule has 5 nitrogen and oxygen atoms in total. The SMILES string of the molecule is CCNC(=NCc1cccc(C(=O)NC)c1)NC1CCC(C(C)C)CC1.I. The minimum atomic E-state index is -0.0669. The highest BCUT2D eigenvalue weighted by atomic mass is 127. The summed E-state index contributed by atoms with van der Waals surface area (Å²) >= 11 is 0. The predicted octanol–water partition coefficient (Wildman–Crippen LogP) is 3.93. The maximum Gasteiger partial charge on any atom is 0.251 e. The third kappa shape index (κ3) is 7.68. The number of aliphatic imine (C=N–C) groups is 1.